The van der Waals surface area contributed by atoms with Crippen LogP contribution < -0.4 is 10.3 Å². The van der Waals surface area contributed by atoms with E-state index in [9.17, 15) is 19.7 Å². The van der Waals surface area contributed by atoms with Gasteiger partial charge in [-0.1, -0.05) is 21.1 Å². The number of fused-ring (bicyclic) bond motifs is 2. The highest BCUT2D eigenvalue weighted by Crippen LogP contribution is 2.41. The van der Waals surface area contributed by atoms with Gasteiger partial charge in [-0.05, 0) is 42.8 Å². The van der Waals surface area contributed by atoms with Crippen LogP contribution in [0.5, 0.6) is 0 Å². The van der Waals surface area contributed by atoms with Gasteiger partial charge in [0.15, 0.2) is 11.2 Å². The lowest BCUT2D eigenvalue weighted by molar-refractivity contribution is -0.384. The van der Waals surface area contributed by atoms with Crippen LogP contribution in [-0.2, 0) is 0 Å². The molecule has 9 nitrogen and oxygen atoms in total. The quantitative estimate of drug-likeness (QED) is 0.311. The van der Waals surface area contributed by atoms with Crippen LogP contribution in [0.2, 0.25) is 0 Å². The fourth-order valence-electron chi connectivity index (χ4n) is 3.74. The largest absolute Gasteiger partial charge is 0.450 e. The molecule has 31 heavy (non-hydrogen) atoms. The van der Waals surface area contributed by atoms with Crippen LogP contribution in [0.25, 0.3) is 11.0 Å². The van der Waals surface area contributed by atoms with Gasteiger partial charge in [0.1, 0.15) is 11.3 Å². The van der Waals surface area contributed by atoms with E-state index in [1.165, 1.54) is 29.2 Å². The van der Waals surface area contributed by atoms with Crippen LogP contribution >= 0.6 is 15.9 Å². The maximum absolute atomic E-state index is 13.4. The minimum atomic E-state index is -0.882. The highest BCUT2D eigenvalue weighted by atomic mass is 79.9. The van der Waals surface area contributed by atoms with Crippen LogP contribution in [0.1, 0.15) is 33.5 Å². The first-order chi connectivity index (χ1) is 14.8. The minimum Gasteiger partial charge on any atom is -0.450 e. The average molecular weight is 482 g/mol. The second kappa shape index (κ2) is 6.88. The van der Waals surface area contributed by atoms with Gasteiger partial charge in [0, 0.05) is 22.7 Å². The molecule has 0 saturated heterocycles. The number of carbonyl (C=O) groups is 1. The number of hydrogen-bond acceptors (Lipinski definition) is 7. The number of nitro groups is 1. The van der Waals surface area contributed by atoms with Crippen molar-refractivity contribution in [2.45, 2.75) is 13.0 Å². The molecule has 0 bridgehead atoms. The Kier molecular flexibility index (Phi) is 4.26. The highest BCUT2D eigenvalue weighted by Gasteiger charge is 2.45. The van der Waals surface area contributed by atoms with E-state index in [1.807, 2.05) is 0 Å². The first kappa shape index (κ1) is 19.2. The van der Waals surface area contributed by atoms with Gasteiger partial charge in [0.05, 0.1) is 21.9 Å². The topological polar surface area (TPSA) is 120 Å². The highest BCUT2D eigenvalue weighted by molar-refractivity contribution is 9.10. The van der Waals surface area contributed by atoms with Crippen LogP contribution in [0.15, 0.2) is 66.7 Å². The molecule has 4 aromatic rings. The summed E-state index contributed by atoms with van der Waals surface area (Å²) in [6.45, 7) is 1.68. The molecule has 1 aliphatic heterocycles. The van der Waals surface area contributed by atoms with Crippen LogP contribution in [0.4, 0.5) is 11.5 Å². The Morgan fingerprint density at radius 3 is 2.52 bits per heavy atom. The third-order valence-electron chi connectivity index (χ3n) is 5.11. The van der Waals surface area contributed by atoms with E-state index in [1.54, 1.807) is 31.2 Å². The lowest BCUT2D eigenvalue weighted by Gasteiger charge is -2.22. The number of benzene rings is 2. The molecule has 2 aromatic heterocycles. The molecule has 0 spiro atoms. The second-order valence-corrected chi connectivity index (χ2v) is 7.95. The van der Waals surface area contributed by atoms with E-state index < -0.39 is 16.9 Å². The van der Waals surface area contributed by atoms with Crippen molar-refractivity contribution in [1.29, 1.82) is 0 Å². The Hall–Kier alpha value is -3.79. The molecule has 0 N–H and O–H groups in total. The Morgan fingerprint density at radius 2 is 1.87 bits per heavy atom. The lowest BCUT2D eigenvalue weighted by atomic mass is 9.98. The number of carbonyl (C=O) groups excluding carboxylic acids is 1. The van der Waals surface area contributed by atoms with Gasteiger partial charge >= 0.3 is 0 Å². The number of halogens is 1. The van der Waals surface area contributed by atoms with Crippen molar-refractivity contribution in [3.8, 4) is 0 Å². The van der Waals surface area contributed by atoms with E-state index in [2.05, 4.69) is 21.1 Å². The van der Waals surface area contributed by atoms with E-state index in [0.29, 0.717) is 21.2 Å². The van der Waals surface area contributed by atoms with Crippen LogP contribution in [-0.4, -0.2) is 16.0 Å². The molecule has 1 aliphatic rings. The van der Waals surface area contributed by atoms with E-state index in [0.717, 1.165) is 0 Å². The van der Waals surface area contributed by atoms with Gasteiger partial charge in [-0.3, -0.25) is 24.6 Å². The molecule has 0 saturated carbocycles. The molecular formula is C21H12BrN3O6. The second-order valence-electron chi connectivity index (χ2n) is 7.04. The number of non-ortho nitro benzene ring substituents is 1. The smallest absolute Gasteiger partial charge is 0.296 e. The number of nitrogens with zero attached hydrogens (tertiary/aromatic N) is 3. The molecule has 1 atom stereocenters. The van der Waals surface area contributed by atoms with E-state index >= 15 is 0 Å². The van der Waals surface area contributed by atoms with Gasteiger partial charge < -0.3 is 8.94 Å². The molecule has 1 amide bonds. The van der Waals surface area contributed by atoms with E-state index in [4.69, 9.17) is 8.94 Å². The van der Waals surface area contributed by atoms with Crippen molar-refractivity contribution in [2.24, 2.45) is 0 Å². The Morgan fingerprint density at radius 1 is 1.13 bits per heavy atom. The fourth-order valence-corrected chi connectivity index (χ4v) is 4.10. The van der Waals surface area contributed by atoms with Crippen molar-refractivity contribution >= 4 is 44.3 Å². The van der Waals surface area contributed by atoms with Crippen LogP contribution in [0.3, 0.4) is 0 Å². The van der Waals surface area contributed by atoms with Crippen molar-refractivity contribution in [3.05, 3.63) is 96.0 Å². The van der Waals surface area contributed by atoms with Crippen molar-refractivity contribution < 1.29 is 18.7 Å². The zero-order valence-electron chi connectivity index (χ0n) is 15.9. The molecule has 154 valence electrons. The monoisotopic (exact) mass is 481 g/mol. The summed E-state index contributed by atoms with van der Waals surface area (Å²) in [6, 6.07) is 11.3. The summed E-state index contributed by atoms with van der Waals surface area (Å²) in [5.41, 5.74) is 0.453. The number of nitro benzene ring substituents is 1. The summed E-state index contributed by atoms with van der Waals surface area (Å²) in [5.74, 6) is 0.0499. The molecule has 0 unspecified atom stereocenters. The molecule has 0 radical (unpaired) electrons. The summed E-state index contributed by atoms with van der Waals surface area (Å²) in [5, 5.41) is 15.3. The van der Waals surface area contributed by atoms with Gasteiger partial charge in [-0.15, -0.1) is 0 Å². The number of rotatable bonds is 3. The summed E-state index contributed by atoms with van der Waals surface area (Å²) in [4.78, 5) is 38.6. The number of aromatic nitrogens is 1. The predicted molar refractivity (Wildman–Crippen MR) is 113 cm³/mol. The summed E-state index contributed by atoms with van der Waals surface area (Å²) >= 11 is 3.35. The molecule has 0 fully saturated rings. The normalized spacial score (nSPS) is 15.5. The molecule has 3 heterocycles. The first-order valence-corrected chi connectivity index (χ1v) is 9.92. The number of amides is 1. The fraction of sp³-hybridized carbons (Fsp3) is 0.0952. The summed E-state index contributed by atoms with van der Waals surface area (Å²) in [6.07, 6.45) is 0. The standard InChI is InChI=1S/C21H12BrN3O6/c1-10-8-16(23-31-10)24-18(11-2-5-13(6-3-11)25(28)29)17-19(26)14-9-12(22)4-7-15(14)30-20(17)21(24)27/h2-9,18H,1H3/t18-/m0/s1. The molecular weight excluding hydrogens is 470 g/mol. The van der Waals surface area contributed by atoms with Crippen LogP contribution in [0, 0.1) is 17.0 Å². The van der Waals surface area contributed by atoms with E-state index in [-0.39, 0.29) is 33.8 Å². The summed E-state index contributed by atoms with van der Waals surface area (Å²) in [7, 11) is 0. The van der Waals surface area contributed by atoms with Crippen molar-refractivity contribution in [1.82, 2.24) is 5.16 Å². The average Bonchev–Trinajstić information content (AvgIpc) is 3.30. The minimum absolute atomic E-state index is 0.0937. The first-order valence-electron chi connectivity index (χ1n) is 9.12. The third kappa shape index (κ3) is 2.95. The molecule has 0 aliphatic carbocycles. The predicted octanol–water partition coefficient (Wildman–Crippen LogP) is 4.51. The van der Waals surface area contributed by atoms with Gasteiger partial charge in [-0.25, -0.2) is 0 Å². The Labute approximate surface area is 182 Å². The molecule has 2 aromatic carbocycles. The maximum atomic E-state index is 13.4. The number of aryl methyl sites for hydroxylation is 1. The van der Waals surface area contributed by atoms with Gasteiger partial charge in [-0.2, -0.15) is 0 Å². The maximum Gasteiger partial charge on any atom is 0.296 e. The lowest BCUT2D eigenvalue weighted by Crippen LogP contribution is -2.29. The number of hydrogen-bond donors (Lipinski definition) is 0. The Balaban J connectivity index is 1.79. The number of anilines is 1. The SMILES string of the molecule is Cc1cc(N2C(=O)c3oc4ccc(Br)cc4c(=O)c3[C@@H]2c2ccc([N+](=O)[O-])cc2)no1. The zero-order valence-corrected chi connectivity index (χ0v) is 17.5. The van der Waals surface area contributed by atoms with Crippen molar-refractivity contribution in [2.75, 3.05) is 4.90 Å². The molecule has 10 heteroatoms. The van der Waals surface area contributed by atoms with Gasteiger partial charge in [0.2, 0.25) is 5.76 Å². The Bertz CT molecular complexity index is 1440. The van der Waals surface area contributed by atoms with Crippen molar-refractivity contribution in [3.63, 3.8) is 0 Å². The summed E-state index contributed by atoms with van der Waals surface area (Å²) < 4.78 is 11.7. The zero-order chi connectivity index (χ0) is 21.9. The molecule has 5 rings (SSSR count). The van der Waals surface area contributed by atoms with Gasteiger partial charge in [0.25, 0.3) is 11.6 Å². The third-order valence-corrected chi connectivity index (χ3v) is 5.61.